The molecule has 140 valence electrons. The molecule has 0 spiro atoms. The number of benzene rings is 2. The van der Waals surface area contributed by atoms with Gasteiger partial charge in [-0.05, 0) is 61.8 Å². The first-order valence-corrected chi connectivity index (χ1v) is 9.74. The Bertz CT molecular complexity index is 715. The maximum atomic E-state index is 12.6. The first kappa shape index (κ1) is 17.8. The van der Waals surface area contributed by atoms with Crippen molar-refractivity contribution in [2.75, 3.05) is 0 Å². The van der Waals surface area contributed by atoms with E-state index in [-0.39, 0.29) is 36.0 Å². The van der Waals surface area contributed by atoms with Crippen molar-refractivity contribution in [3.05, 3.63) is 71.8 Å². The molecule has 0 amide bonds. The molecule has 27 heavy (non-hydrogen) atoms. The summed E-state index contributed by atoms with van der Waals surface area (Å²) in [6, 6.07) is 18.0. The summed E-state index contributed by atoms with van der Waals surface area (Å²) in [5.41, 5.74) is 1.07. The van der Waals surface area contributed by atoms with Crippen molar-refractivity contribution in [1.29, 1.82) is 0 Å². The molecule has 4 atom stereocenters. The van der Waals surface area contributed by atoms with E-state index in [2.05, 4.69) is 0 Å². The Balaban J connectivity index is 1.55. The number of hydrogen-bond donors (Lipinski definition) is 0. The zero-order valence-electron chi connectivity index (χ0n) is 15.3. The van der Waals surface area contributed by atoms with Crippen LogP contribution in [0.4, 0.5) is 0 Å². The maximum absolute atomic E-state index is 12.6. The van der Waals surface area contributed by atoms with Crippen molar-refractivity contribution in [2.45, 2.75) is 44.3 Å². The minimum absolute atomic E-state index is 0.255. The summed E-state index contributed by atoms with van der Waals surface area (Å²) >= 11 is 0. The van der Waals surface area contributed by atoms with Gasteiger partial charge in [0, 0.05) is 0 Å². The van der Waals surface area contributed by atoms with Gasteiger partial charge in [-0.3, -0.25) is 0 Å². The molecule has 2 aromatic carbocycles. The smallest absolute Gasteiger partial charge is 0.338 e. The molecular weight excluding hydrogens is 340 g/mol. The van der Waals surface area contributed by atoms with E-state index in [9.17, 15) is 9.59 Å². The Kier molecular flexibility index (Phi) is 5.23. The van der Waals surface area contributed by atoms with Crippen molar-refractivity contribution in [1.82, 2.24) is 0 Å². The lowest BCUT2D eigenvalue weighted by Gasteiger charge is -2.39. The molecule has 4 heteroatoms. The summed E-state index contributed by atoms with van der Waals surface area (Å²) in [5, 5.41) is 0. The van der Waals surface area contributed by atoms with Gasteiger partial charge in [0.15, 0.2) is 0 Å². The summed E-state index contributed by atoms with van der Waals surface area (Å²) in [4.78, 5) is 25.3. The van der Waals surface area contributed by atoms with Gasteiger partial charge < -0.3 is 9.47 Å². The SMILES string of the molecule is O=C(OC1C2CCCC(CC2)C1OC(=O)c1ccccc1)c1ccccc1. The summed E-state index contributed by atoms with van der Waals surface area (Å²) in [5.74, 6) is -0.169. The third-order valence-electron chi connectivity index (χ3n) is 5.82. The summed E-state index contributed by atoms with van der Waals surface area (Å²) in [6.45, 7) is 0. The van der Waals surface area contributed by atoms with Crippen LogP contribution in [0.15, 0.2) is 60.7 Å². The predicted octanol–water partition coefficient (Wildman–Crippen LogP) is 4.65. The summed E-state index contributed by atoms with van der Waals surface area (Å²) in [6.07, 6.45) is 4.44. The van der Waals surface area contributed by atoms with E-state index in [1.54, 1.807) is 24.3 Å². The van der Waals surface area contributed by atoms with Crippen LogP contribution in [0.2, 0.25) is 0 Å². The highest BCUT2D eigenvalue weighted by atomic mass is 16.6. The number of rotatable bonds is 4. The lowest BCUT2D eigenvalue weighted by Crippen LogP contribution is -2.47. The van der Waals surface area contributed by atoms with Crippen LogP contribution in [0, 0.1) is 11.8 Å². The number of esters is 2. The Morgan fingerprint density at radius 2 is 1.04 bits per heavy atom. The number of hydrogen-bond acceptors (Lipinski definition) is 4. The lowest BCUT2D eigenvalue weighted by atomic mass is 9.79. The van der Waals surface area contributed by atoms with Gasteiger partial charge in [0.2, 0.25) is 0 Å². The molecule has 3 saturated carbocycles. The zero-order chi connectivity index (χ0) is 18.6. The molecule has 3 fully saturated rings. The standard InChI is InChI=1S/C23H24O4/c24-22(18-8-3-1-4-9-18)26-20-16-12-7-13-17(15-14-16)21(20)27-23(25)19-10-5-2-6-11-19/h1-6,8-11,16-17,20-21H,7,12-15H2. The van der Waals surface area contributed by atoms with E-state index >= 15 is 0 Å². The molecule has 0 aromatic heterocycles. The molecular formula is C23H24O4. The molecule has 2 aromatic rings. The Morgan fingerprint density at radius 1 is 0.630 bits per heavy atom. The van der Waals surface area contributed by atoms with E-state index in [1.807, 2.05) is 36.4 Å². The fraction of sp³-hybridized carbons (Fsp3) is 0.391. The Hall–Kier alpha value is -2.62. The zero-order valence-corrected chi connectivity index (χ0v) is 15.3. The molecule has 0 heterocycles. The van der Waals surface area contributed by atoms with Crippen LogP contribution in [0.5, 0.6) is 0 Å². The highest BCUT2D eigenvalue weighted by molar-refractivity contribution is 5.90. The predicted molar refractivity (Wildman–Crippen MR) is 101 cm³/mol. The van der Waals surface area contributed by atoms with Gasteiger partial charge in [-0.1, -0.05) is 42.8 Å². The molecule has 0 aliphatic heterocycles. The molecule has 2 bridgehead atoms. The van der Waals surface area contributed by atoms with Gasteiger partial charge in [-0.15, -0.1) is 0 Å². The minimum Gasteiger partial charge on any atom is -0.455 e. The van der Waals surface area contributed by atoms with E-state index < -0.39 is 0 Å². The van der Waals surface area contributed by atoms with Crippen molar-refractivity contribution in [3.8, 4) is 0 Å². The average Bonchev–Trinajstić information content (AvgIpc) is 3.05. The van der Waals surface area contributed by atoms with Crippen LogP contribution < -0.4 is 0 Å². The highest BCUT2D eigenvalue weighted by Gasteiger charge is 2.46. The van der Waals surface area contributed by atoms with Crippen LogP contribution >= 0.6 is 0 Å². The second kappa shape index (κ2) is 7.95. The van der Waals surface area contributed by atoms with Gasteiger partial charge >= 0.3 is 11.9 Å². The topological polar surface area (TPSA) is 52.6 Å². The Morgan fingerprint density at radius 3 is 1.44 bits per heavy atom. The first-order valence-electron chi connectivity index (χ1n) is 9.74. The fourth-order valence-corrected chi connectivity index (χ4v) is 4.41. The second-order valence-electron chi connectivity index (χ2n) is 7.50. The lowest BCUT2D eigenvalue weighted by molar-refractivity contribution is -0.0901. The van der Waals surface area contributed by atoms with Crippen molar-refractivity contribution in [3.63, 3.8) is 0 Å². The van der Waals surface area contributed by atoms with Crippen molar-refractivity contribution < 1.29 is 19.1 Å². The van der Waals surface area contributed by atoms with E-state index in [4.69, 9.17) is 9.47 Å². The molecule has 5 rings (SSSR count). The highest BCUT2D eigenvalue weighted by Crippen LogP contribution is 2.42. The molecule has 0 radical (unpaired) electrons. The largest absolute Gasteiger partial charge is 0.455 e. The maximum Gasteiger partial charge on any atom is 0.338 e. The number of fused-ring (bicyclic) bond motifs is 4. The first-order chi connectivity index (χ1) is 13.2. The van der Waals surface area contributed by atoms with Gasteiger partial charge in [-0.2, -0.15) is 0 Å². The number of ether oxygens (including phenoxy) is 2. The van der Waals surface area contributed by atoms with Crippen LogP contribution in [0.3, 0.4) is 0 Å². The monoisotopic (exact) mass is 364 g/mol. The normalized spacial score (nSPS) is 26.8. The molecule has 3 aliphatic rings. The van der Waals surface area contributed by atoms with Crippen LogP contribution in [0.25, 0.3) is 0 Å². The van der Waals surface area contributed by atoms with Crippen LogP contribution in [-0.2, 0) is 9.47 Å². The third kappa shape index (κ3) is 3.90. The third-order valence-corrected chi connectivity index (χ3v) is 5.82. The summed E-state index contributed by atoms with van der Waals surface area (Å²) < 4.78 is 11.8. The number of carbonyl (C=O) groups is 2. The summed E-state index contributed by atoms with van der Waals surface area (Å²) in [7, 11) is 0. The van der Waals surface area contributed by atoms with Gasteiger partial charge in [0.1, 0.15) is 12.2 Å². The molecule has 0 saturated heterocycles. The minimum atomic E-state index is -0.369. The van der Waals surface area contributed by atoms with Crippen molar-refractivity contribution >= 4 is 11.9 Å². The van der Waals surface area contributed by atoms with Crippen molar-refractivity contribution in [2.24, 2.45) is 11.8 Å². The van der Waals surface area contributed by atoms with Crippen LogP contribution in [0.1, 0.15) is 52.8 Å². The molecule has 0 N–H and O–H groups in total. The van der Waals surface area contributed by atoms with Gasteiger partial charge in [0.05, 0.1) is 11.1 Å². The molecule has 4 unspecified atom stereocenters. The quantitative estimate of drug-likeness (QED) is 0.741. The average molecular weight is 364 g/mol. The van der Waals surface area contributed by atoms with E-state index in [0.717, 1.165) is 32.1 Å². The van der Waals surface area contributed by atoms with E-state index in [0.29, 0.717) is 11.1 Å². The van der Waals surface area contributed by atoms with E-state index in [1.165, 1.54) is 0 Å². The Labute approximate surface area is 159 Å². The molecule has 4 nitrogen and oxygen atoms in total. The molecule has 3 aliphatic carbocycles. The van der Waals surface area contributed by atoms with Gasteiger partial charge in [0.25, 0.3) is 0 Å². The van der Waals surface area contributed by atoms with Gasteiger partial charge in [-0.25, -0.2) is 9.59 Å². The van der Waals surface area contributed by atoms with Crippen LogP contribution in [-0.4, -0.2) is 24.1 Å². The number of carbonyl (C=O) groups excluding carboxylic acids is 2. The fourth-order valence-electron chi connectivity index (χ4n) is 4.41. The second-order valence-corrected chi connectivity index (χ2v) is 7.50.